The SMILES string of the molecule is CC(=O)c1c(F)c(F)cc2c(=O)n(C3CC3)c(C3CCOCC3)nc12. The third-order valence-electron chi connectivity index (χ3n) is 4.97. The van der Waals surface area contributed by atoms with Crippen molar-refractivity contribution < 1.29 is 18.3 Å². The lowest BCUT2D eigenvalue weighted by molar-refractivity contribution is 0.0825. The minimum absolute atomic E-state index is 0.0133. The van der Waals surface area contributed by atoms with Crippen molar-refractivity contribution in [2.75, 3.05) is 13.2 Å². The molecule has 1 aliphatic carbocycles. The van der Waals surface area contributed by atoms with E-state index in [2.05, 4.69) is 4.98 Å². The Kier molecular flexibility index (Phi) is 3.91. The second-order valence-electron chi connectivity index (χ2n) is 6.76. The normalized spacial score (nSPS) is 18.7. The summed E-state index contributed by atoms with van der Waals surface area (Å²) >= 11 is 0. The Morgan fingerprint density at radius 1 is 1.24 bits per heavy atom. The number of benzene rings is 1. The van der Waals surface area contributed by atoms with Crippen molar-refractivity contribution in [1.29, 1.82) is 0 Å². The number of rotatable bonds is 3. The van der Waals surface area contributed by atoms with Crippen LogP contribution in [0.15, 0.2) is 10.9 Å². The minimum atomic E-state index is -1.24. The highest BCUT2D eigenvalue weighted by molar-refractivity contribution is 6.05. The van der Waals surface area contributed by atoms with Crippen molar-refractivity contribution >= 4 is 16.7 Å². The Labute approximate surface area is 142 Å². The molecule has 0 atom stereocenters. The molecule has 0 radical (unpaired) electrons. The first-order chi connectivity index (χ1) is 12.0. The van der Waals surface area contributed by atoms with Gasteiger partial charge in [0.05, 0.1) is 16.5 Å². The molecule has 1 aromatic carbocycles. The molecule has 0 spiro atoms. The fourth-order valence-electron chi connectivity index (χ4n) is 3.55. The number of halogens is 2. The van der Waals surface area contributed by atoms with E-state index < -0.39 is 28.5 Å². The van der Waals surface area contributed by atoms with E-state index in [0.29, 0.717) is 31.9 Å². The van der Waals surface area contributed by atoms with E-state index >= 15 is 0 Å². The van der Waals surface area contributed by atoms with E-state index in [0.717, 1.165) is 25.8 Å². The van der Waals surface area contributed by atoms with E-state index in [-0.39, 0.29) is 22.9 Å². The van der Waals surface area contributed by atoms with Gasteiger partial charge in [0, 0.05) is 25.2 Å². The lowest BCUT2D eigenvalue weighted by Gasteiger charge is -2.25. The summed E-state index contributed by atoms with van der Waals surface area (Å²) in [4.78, 5) is 29.4. The topological polar surface area (TPSA) is 61.2 Å². The van der Waals surface area contributed by atoms with E-state index in [1.165, 1.54) is 0 Å². The zero-order valence-electron chi connectivity index (χ0n) is 13.8. The Balaban J connectivity index is 2.05. The second kappa shape index (κ2) is 5.98. The maximum Gasteiger partial charge on any atom is 0.261 e. The fourth-order valence-corrected chi connectivity index (χ4v) is 3.55. The molecule has 7 heteroatoms. The number of Topliss-reactive ketones (excluding diaryl/α,β-unsaturated/α-hetero) is 1. The number of nitrogens with zero attached hydrogens (tertiary/aromatic N) is 2. The van der Waals surface area contributed by atoms with E-state index in [4.69, 9.17) is 4.74 Å². The molecule has 2 aliphatic rings. The first kappa shape index (κ1) is 16.3. The average molecular weight is 348 g/mol. The number of carbonyl (C=O) groups is 1. The standard InChI is InChI=1S/C18H18F2N2O3/c1-9(23)14-15(20)13(19)8-12-16(14)21-17(10-4-6-25-7-5-10)22(18(12)24)11-2-3-11/h8,10-11H,2-7H2,1H3. The van der Waals surface area contributed by atoms with Gasteiger partial charge in [-0.15, -0.1) is 0 Å². The van der Waals surface area contributed by atoms with Crippen molar-refractivity contribution in [3.63, 3.8) is 0 Å². The van der Waals surface area contributed by atoms with Gasteiger partial charge >= 0.3 is 0 Å². The molecule has 1 saturated carbocycles. The summed E-state index contributed by atoms with van der Waals surface area (Å²) in [6, 6.07) is 0.912. The average Bonchev–Trinajstić information content (AvgIpc) is 3.42. The molecule has 1 aliphatic heterocycles. The van der Waals surface area contributed by atoms with Crippen molar-refractivity contribution in [2.24, 2.45) is 0 Å². The quantitative estimate of drug-likeness (QED) is 0.800. The van der Waals surface area contributed by atoms with Crippen LogP contribution in [-0.4, -0.2) is 28.5 Å². The van der Waals surface area contributed by atoms with Crippen LogP contribution in [0.5, 0.6) is 0 Å². The summed E-state index contributed by atoms with van der Waals surface area (Å²) in [5, 5.41) is -0.0354. The number of hydrogen-bond donors (Lipinski definition) is 0. The Hall–Kier alpha value is -2.15. The largest absolute Gasteiger partial charge is 0.381 e. The molecular formula is C18H18F2N2O3. The van der Waals surface area contributed by atoms with Gasteiger partial charge in [0.15, 0.2) is 17.4 Å². The molecule has 2 heterocycles. The molecule has 5 nitrogen and oxygen atoms in total. The van der Waals surface area contributed by atoms with E-state index in [1.807, 2.05) is 0 Å². The van der Waals surface area contributed by atoms with Crippen LogP contribution < -0.4 is 5.56 Å². The van der Waals surface area contributed by atoms with Crippen LogP contribution in [0.4, 0.5) is 8.78 Å². The summed E-state index contributed by atoms with van der Waals surface area (Å²) in [5.41, 5.74) is -0.867. The van der Waals surface area contributed by atoms with Crippen molar-refractivity contribution in [3.05, 3.63) is 39.4 Å². The van der Waals surface area contributed by atoms with E-state index in [1.54, 1.807) is 4.57 Å². The Morgan fingerprint density at radius 3 is 2.52 bits per heavy atom. The third-order valence-corrected chi connectivity index (χ3v) is 4.97. The van der Waals surface area contributed by atoms with Gasteiger partial charge in [-0.2, -0.15) is 0 Å². The van der Waals surface area contributed by atoms with Gasteiger partial charge in [0.1, 0.15) is 5.82 Å². The van der Waals surface area contributed by atoms with Gasteiger partial charge in [-0.3, -0.25) is 14.2 Å². The monoisotopic (exact) mass is 348 g/mol. The minimum Gasteiger partial charge on any atom is -0.381 e. The van der Waals surface area contributed by atoms with Crippen LogP contribution in [0.2, 0.25) is 0 Å². The highest BCUT2D eigenvalue weighted by atomic mass is 19.2. The highest BCUT2D eigenvalue weighted by Crippen LogP contribution is 2.38. The van der Waals surface area contributed by atoms with E-state index in [9.17, 15) is 18.4 Å². The molecule has 25 heavy (non-hydrogen) atoms. The van der Waals surface area contributed by atoms with Crippen LogP contribution in [0, 0.1) is 11.6 Å². The highest BCUT2D eigenvalue weighted by Gasteiger charge is 2.33. The van der Waals surface area contributed by atoms with Gasteiger partial charge in [-0.25, -0.2) is 13.8 Å². The summed E-state index contributed by atoms with van der Waals surface area (Å²) in [6.45, 7) is 2.29. The predicted molar refractivity (Wildman–Crippen MR) is 87.0 cm³/mol. The number of carbonyl (C=O) groups excluding carboxylic acids is 1. The summed E-state index contributed by atoms with van der Waals surface area (Å²) in [5.74, 6) is -2.50. The number of aromatic nitrogens is 2. The Morgan fingerprint density at radius 2 is 1.92 bits per heavy atom. The lowest BCUT2D eigenvalue weighted by Crippen LogP contribution is -2.29. The molecule has 0 unspecified atom stereocenters. The molecule has 0 bridgehead atoms. The molecule has 0 amide bonds. The summed E-state index contributed by atoms with van der Waals surface area (Å²) in [7, 11) is 0. The zero-order valence-corrected chi connectivity index (χ0v) is 13.8. The lowest BCUT2D eigenvalue weighted by atomic mass is 9.98. The molecule has 2 fully saturated rings. The van der Waals surface area contributed by atoms with Crippen molar-refractivity contribution in [2.45, 2.75) is 44.6 Å². The van der Waals surface area contributed by atoms with Gasteiger partial charge in [-0.1, -0.05) is 0 Å². The molecule has 1 saturated heterocycles. The molecule has 4 rings (SSSR count). The molecule has 0 N–H and O–H groups in total. The van der Waals surface area contributed by atoms with Gasteiger partial charge in [0.25, 0.3) is 5.56 Å². The van der Waals surface area contributed by atoms with Crippen LogP contribution in [0.3, 0.4) is 0 Å². The second-order valence-corrected chi connectivity index (χ2v) is 6.76. The Bertz CT molecular complexity index is 928. The first-order valence-corrected chi connectivity index (χ1v) is 8.52. The number of hydrogen-bond acceptors (Lipinski definition) is 4. The number of ether oxygens (including phenoxy) is 1. The van der Waals surface area contributed by atoms with Gasteiger partial charge < -0.3 is 4.74 Å². The van der Waals surface area contributed by atoms with Crippen molar-refractivity contribution in [1.82, 2.24) is 9.55 Å². The zero-order chi connectivity index (χ0) is 17.7. The van der Waals surface area contributed by atoms with Crippen LogP contribution in [0.1, 0.15) is 60.7 Å². The smallest absolute Gasteiger partial charge is 0.261 e. The molecular weight excluding hydrogens is 330 g/mol. The molecule has 132 valence electrons. The van der Waals surface area contributed by atoms with Crippen LogP contribution >= 0.6 is 0 Å². The number of ketones is 1. The molecule has 2 aromatic rings. The molecule has 1 aromatic heterocycles. The van der Waals surface area contributed by atoms with Crippen LogP contribution in [0.25, 0.3) is 10.9 Å². The predicted octanol–water partition coefficient (Wildman–Crippen LogP) is 3.11. The maximum atomic E-state index is 14.2. The van der Waals surface area contributed by atoms with Gasteiger partial charge in [-0.05, 0) is 38.7 Å². The third kappa shape index (κ3) is 2.66. The first-order valence-electron chi connectivity index (χ1n) is 8.52. The maximum absolute atomic E-state index is 14.2. The van der Waals surface area contributed by atoms with Crippen molar-refractivity contribution in [3.8, 4) is 0 Å². The summed E-state index contributed by atoms with van der Waals surface area (Å²) in [6.07, 6.45) is 3.16. The fraction of sp³-hybridized carbons (Fsp3) is 0.500. The summed E-state index contributed by atoms with van der Waals surface area (Å²) < 4.78 is 35.1. The number of fused-ring (bicyclic) bond motifs is 1. The van der Waals surface area contributed by atoms with Gasteiger partial charge in [0.2, 0.25) is 0 Å². The van der Waals surface area contributed by atoms with Crippen LogP contribution in [-0.2, 0) is 4.74 Å².